The van der Waals surface area contributed by atoms with Crippen molar-refractivity contribution < 1.29 is 5.11 Å². The molecule has 1 aromatic rings. The Bertz CT molecular complexity index is 297. The van der Waals surface area contributed by atoms with E-state index in [1.807, 2.05) is 19.1 Å². The first-order valence-electron chi connectivity index (χ1n) is 4.88. The highest BCUT2D eigenvalue weighted by molar-refractivity contribution is 6.34. The van der Waals surface area contributed by atoms with E-state index in [0.717, 1.165) is 12.1 Å². The van der Waals surface area contributed by atoms with Gasteiger partial charge in [-0.15, -0.1) is 0 Å². The Morgan fingerprint density at radius 1 is 1.27 bits per heavy atom. The Morgan fingerprint density at radius 3 is 2.40 bits per heavy atom. The van der Waals surface area contributed by atoms with Crippen molar-refractivity contribution in [2.75, 3.05) is 13.2 Å². The molecule has 4 heteroatoms. The van der Waals surface area contributed by atoms with Crippen LogP contribution in [0.4, 0.5) is 0 Å². The molecule has 1 rings (SSSR count). The summed E-state index contributed by atoms with van der Waals surface area (Å²) in [5.41, 5.74) is 1.05. The van der Waals surface area contributed by atoms with Gasteiger partial charge in [0.25, 0.3) is 0 Å². The second kappa shape index (κ2) is 6.33. The van der Waals surface area contributed by atoms with Gasteiger partial charge in [0, 0.05) is 29.7 Å². The summed E-state index contributed by atoms with van der Waals surface area (Å²) in [5.74, 6) is 0.264. The van der Waals surface area contributed by atoms with Crippen LogP contribution in [0.5, 0.6) is 0 Å². The maximum Gasteiger partial charge on any atom is 0.0468 e. The molecule has 0 radical (unpaired) electrons. The molecule has 0 saturated carbocycles. The highest BCUT2D eigenvalue weighted by atomic mass is 35.5. The number of rotatable bonds is 5. The number of halogens is 2. The van der Waals surface area contributed by atoms with E-state index in [1.54, 1.807) is 6.07 Å². The van der Waals surface area contributed by atoms with Gasteiger partial charge in [-0.2, -0.15) is 0 Å². The molecule has 84 valence electrons. The third kappa shape index (κ3) is 4.85. The summed E-state index contributed by atoms with van der Waals surface area (Å²) in [4.78, 5) is 0. The van der Waals surface area contributed by atoms with Crippen LogP contribution in [0.15, 0.2) is 18.2 Å². The summed E-state index contributed by atoms with van der Waals surface area (Å²) in [5, 5.41) is 13.4. The van der Waals surface area contributed by atoms with E-state index in [4.69, 9.17) is 28.3 Å². The van der Waals surface area contributed by atoms with Gasteiger partial charge in [-0.1, -0.05) is 30.1 Å². The highest BCUT2D eigenvalue weighted by Crippen LogP contribution is 2.18. The van der Waals surface area contributed by atoms with Crippen LogP contribution in [0, 0.1) is 5.92 Å². The molecule has 1 aromatic carbocycles. The Morgan fingerprint density at radius 2 is 1.87 bits per heavy atom. The van der Waals surface area contributed by atoms with Gasteiger partial charge in [-0.3, -0.25) is 0 Å². The van der Waals surface area contributed by atoms with Gasteiger partial charge >= 0.3 is 0 Å². The average molecular weight is 248 g/mol. The zero-order valence-corrected chi connectivity index (χ0v) is 10.1. The molecule has 0 aromatic heterocycles. The number of hydrogen-bond acceptors (Lipinski definition) is 2. The molecule has 0 saturated heterocycles. The van der Waals surface area contributed by atoms with Crippen molar-refractivity contribution >= 4 is 23.2 Å². The molecular formula is C11H15Cl2NO. The quantitative estimate of drug-likeness (QED) is 0.839. The fraction of sp³-hybridized carbons (Fsp3) is 0.455. The molecule has 1 unspecified atom stereocenters. The normalized spacial score (nSPS) is 12.8. The van der Waals surface area contributed by atoms with Gasteiger partial charge in [0.2, 0.25) is 0 Å². The second-order valence-corrected chi connectivity index (χ2v) is 4.57. The van der Waals surface area contributed by atoms with E-state index < -0.39 is 0 Å². The maximum absolute atomic E-state index is 8.84. The van der Waals surface area contributed by atoms with Crippen molar-refractivity contribution in [2.24, 2.45) is 5.92 Å². The molecule has 0 bridgehead atoms. The first kappa shape index (κ1) is 12.8. The first-order chi connectivity index (χ1) is 7.11. The zero-order valence-electron chi connectivity index (χ0n) is 8.63. The molecular weight excluding hydrogens is 233 g/mol. The lowest BCUT2D eigenvalue weighted by Crippen LogP contribution is -2.22. The molecule has 0 amide bonds. The van der Waals surface area contributed by atoms with Gasteiger partial charge in [0.1, 0.15) is 0 Å². The molecule has 2 N–H and O–H groups in total. The third-order valence-electron chi connectivity index (χ3n) is 2.06. The van der Waals surface area contributed by atoms with Crippen LogP contribution >= 0.6 is 23.2 Å². The van der Waals surface area contributed by atoms with Crippen molar-refractivity contribution in [3.63, 3.8) is 0 Å². The fourth-order valence-electron chi connectivity index (χ4n) is 1.24. The fourth-order valence-corrected chi connectivity index (χ4v) is 1.81. The van der Waals surface area contributed by atoms with E-state index in [-0.39, 0.29) is 12.5 Å². The Kier molecular flexibility index (Phi) is 5.40. The zero-order chi connectivity index (χ0) is 11.3. The number of hydrogen-bond donors (Lipinski definition) is 2. The van der Waals surface area contributed by atoms with Crippen LogP contribution in [0.25, 0.3) is 0 Å². The van der Waals surface area contributed by atoms with Crippen molar-refractivity contribution in [3.8, 4) is 0 Å². The molecule has 0 spiro atoms. The Hall–Kier alpha value is -0.280. The maximum atomic E-state index is 8.84. The second-order valence-electron chi connectivity index (χ2n) is 3.70. The Labute approximate surface area is 100 Å². The lowest BCUT2D eigenvalue weighted by molar-refractivity contribution is 0.233. The van der Waals surface area contributed by atoms with E-state index in [1.165, 1.54) is 0 Å². The molecule has 0 aliphatic rings. The summed E-state index contributed by atoms with van der Waals surface area (Å²) in [7, 11) is 0. The molecule has 0 aliphatic heterocycles. The van der Waals surface area contributed by atoms with E-state index in [0.29, 0.717) is 16.6 Å². The number of aliphatic hydroxyl groups is 1. The van der Waals surface area contributed by atoms with Crippen molar-refractivity contribution in [1.82, 2.24) is 5.32 Å². The Balaban J connectivity index is 2.43. The van der Waals surface area contributed by atoms with Gasteiger partial charge in [0.15, 0.2) is 0 Å². The summed E-state index contributed by atoms with van der Waals surface area (Å²) in [6.07, 6.45) is 0. The predicted molar refractivity (Wildman–Crippen MR) is 64.4 cm³/mol. The SMILES string of the molecule is CC(CO)CNCc1cc(Cl)cc(Cl)c1. The first-order valence-corrected chi connectivity index (χ1v) is 5.64. The lowest BCUT2D eigenvalue weighted by atomic mass is 10.2. The minimum absolute atomic E-state index is 0.198. The summed E-state index contributed by atoms with van der Waals surface area (Å²) in [6.45, 7) is 3.67. The van der Waals surface area contributed by atoms with Gasteiger partial charge in [-0.25, -0.2) is 0 Å². The average Bonchev–Trinajstić information content (AvgIpc) is 2.16. The van der Waals surface area contributed by atoms with Crippen LogP contribution < -0.4 is 5.32 Å². The minimum atomic E-state index is 0.198. The van der Waals surface area contributed by atoms with Gasteiger partial charge in [0.05, 0.1) is 0 Å². The van der Waals surface area contributed by atoms with Crippen molar-refractivity contribution in [3.05, 3.63) is 33.8 Å². The van der Waals surface area contributed by atoms with E-state index in [9.17, 15) is 0 Å². The van der Waals surface area contributed by atoms with E-state index in [2.05, 4.69) is 5.32 Å². The molecule has 2 nitrogen and oxygen atoms in total. The van der Waals surface area contributed by atoms with Crippen molar-refractivity contribution in [2.45, 2.75) is 13.5 Å². The van der Waals surface area contributed by atoms with Crippen LogP contribution in [0.1, 0.15) is 12.5 Å². The van der Waals surface area contributed by atoms with Gasteiger partial charge < -0.3 is 10.4 Å². The summed E-state index contributed by atoms with van der Waals surface area (Å²) < 4.78 is 0. The van der Waals surface area contributed by atoms with Crippen LogP contribution in [0.3, 0.4) is 0 Å². The standard InChI is InChI=1S/C11H15Cl2NO/c1-8(7-15)5-14-6-9-2-10(12)4-11(13)3-9/h2-4,8,14-15H,5-7H2,1H3. The summed E-state index contributed by atoms with van der Waals surface area (Å²) >= 11 is 11.7. The minimum Gasteiger partial charge on any atom is -0.396 e. The van der Waals surface area contributed by atoms with Crippen LogP contribution in [-0.2, 0) is 6.54 Å². The monoisotopic (exact) mass is 247 g/mol. The van der Waals surface area contributed by atoms with E-state index >= 15 is 0 Å². The van der Waals surface area contributed by atoms with Crippen LogP contribution in [0.2, 0.25) is 10.0 Å². The lowest BCUT2D eigenvalue weighted by Gasteiger charge is -2.09. The van der Waals surface area contributed by atoms with Crippen molar-refractivity contribution in [1.29, 1.82) is 0 Å². The third-order valence-corrected chi connectivity index (χ3v) is 2.49. The van der Waals surface area contributed by atoms with Gasteiger partial charge in [-0.05, 0) is 29.7 Å². The topological polar surface area (TPSA) is 32.3 Å². The molecule has 0 aliphatic carbocycles. The molecule has 15 heavy (non-hydrogen) atoms. The number of nitrogens with one attached hydrogen (secondary N) is 1. The predicted octanol–water partition coefficient (Wildman–Crippen LogP) is 2.71. The van der Waals surface area contributed by atoms with Crippen LogP contribution in [-0.4, -0.2) is 18.3 Å². The number of benzene rings is 1. The highest BCUT2D eigenvalue weighted by Gasteiger charge is 2.01. The molecule has 0 heterocycles. The summed E-state index contributed by atoms with van der Waals surface area (Å²) in [6, 6.07) is 5.47. The molecule has 0 fully saturated rings. The largest absolute Gasteiger partial charge is 0.396 e. The smallest absolute Gasteiger partial charge is 0.0468 e. The number of aliphatic hydroxyl groups excluding tert-OH is 1. The molecule has 1 atom stereocenters.